The van der Waals surface area contributed by atoms with Crippen LogP contribution in [0.15, 0.2) is 18.2 Å². The largest absolute Gasteiger partial charge is 0.508 e. The Morgan fingerprint density at radius 3 is 2.54 bits per heavy atom. The summed E-state index contributed by atoms with van der Waals surface area (Å²) in [5.74, 6) is -0.0493. The maximum atomic E-state index is 10.5. The number of benzene rings is 1. The first-order valence-corrected chi connectivity index (χ1v) is 4.87. The van der Waals surface area contributed by atoms with Crippen LogP contribution in [0.25, 0.3) is 0 Å². The Labute approximate surface area is 76.0 Å². The monoisotopic (exact) mass is 203 g/mol. The average Bonchev–Trinajstić information content (AvgIpc) is 1.94. The maximum absolute atomic E-state index is 10.5. The zero-order valence-corrected chi connectivity index (χ0v) is 7.71. The molecule has 0 saturated heterocycles. The van der Waals surface area contributed by atoms with Crippen molar-refractivity contribution >= 4 is 10.3 Å². The fourth-order valence-electron chi connectivity index (χ4n) is 0.775. The van der Waals surface area contributed by atoms with E-state index in [0.29, 0.717) is 5.56 Å². The van der Waals surface area contributed by atoms with Gasteiger partial charge in [0.25, 0.3) is 0 Å². The Morgan fingerprint density at radius 2 is 2.08 bits per heavy atom. The average molecular weight is 203 g/mol. The molecule has 5 nitrogen and oxygen atoms in total. The summed E-state index contributed by atoms with van der Waals surface area (Å²) >= 11 is 0. The summed E-state index contributed by atoms with van der Waals surface area (Å²) in [7, 11) is -4.02. The smallest absolute Gasteiger partial charge is 0.380 e. The van der Waals surface area contributed by atoms with Gasteiger partial charge < -0.3 is 9.29 Å². The van der Waals surface area contributed by atoms with Crippen molar-refractivity contribution in [2.75, 3.05) is 0 Å². The highest BCUT2D eigenvalue weighted by atomic mass is 32.2. The second-order valence-corrected chi connectivity index (χ2v) is 3.68. The molecule has 3 N–H and O–H groups in total. The van der Waals surface area contributed by atoms with Crippen molar-refractivity contribution in [1.82, 2.24) is 0 Å². The van der Waals surface area contributed by atoms with E-state index in [0.717, 1.165) is 0 Å². The summed E-state index contributed by atoms with van der Waals surface area (Å²) in [6.45, 7) is 1.68. The van der Waals surface area contributed by atoms with Crippen LogP contribution in [-0.4, -0.2) is 13.5 Å². The predicted molar refractivity (Wildman–Crippen MR) is 46.6 cm³/mol. The first-order valence-electron chi connectivity index (χ1n) is 3.40. The van der Waals surface area contributed by atoms with E-state index >= 15 is 0 Å². The van der Waals surface area contributed by atoms with Crippen molar-refractivity contribution < 1.29 is 17.7 Å². The summed E-state index contributed by atoms with van der Waals surface area (Å²) in [5, 5.41) is 13.8. The second-order valence-electron chi connectivity index (χ2n) is 2.52. The van der Waals surface area contributed by atoms with E-state index < -0.39 is 10.3 Å². The van der Waals surface area contributed by atoms with Crippen molar-refractivity contribution in [3.8, 4) is 11.5 Å². The van der Waals surface area contributed by atoms with Gasteiger partial charge in [-0.05, 0) is 18.6 Å². The van der Waals surface area contributed by atoms with Crippen molar-refractivity contribution in [2.45, 2.75) is 6.92 Å². The molecule has 0 aliphatic carbocycles. The van der Waals surface area contributed by atoms with E-state index in [1.807, 2.05) is 0 Å². The molecular weight excluding hydrogens is 194 g/mol. The minimum atomic E-state index is -4.02. The van der Waals surface area contributed by atoms with Crippen LogP contribution in [0.3, 0.4) is 0 Å². The van der Waals surface area contributed by atoms with E-state index in [1.165, 1.54) is 18.2 Å². The van der Waals surface area contributed by atoms with Gasteiger partial charge in [0.15, 0.2) is 0 Å². The van der Waals surface area contributed by atoms with Crippen LogP contribution in [0.2, 0.25) is 0 Å². The third kappa shape index (κ3) is 2.92. The number of hydrogen-bond acceptors (Lipinski definition) is 4. The third-order valence-electron chi connectivity index (χ3n) is 1.39. The summed E-state index contributed by atoms with van der Waals surface area (Å²) in [6.07, 6.45) is 0. The lowest BCUT2D eigenvalue weighted by atomic mass is 10.2. The number of phenolic OH excluding ortho intramolecular Hbond substituents is 1. The third-order valence-corrected chi connectivity index (χ3v) is 1.82. The second kappa shape index (κ2) is 3.23. The molecule has 1 rings (SSSR count). The van der Waals surface area contributed by atoms with Crippen molar-refractivity contribution in [1.29, 1.82) is 0 Å². The predicted octanol–water partition coefficient (Wildman–Crippen LogP) is 0.283. The topological polar surface area (TPSA) is 89.6 Å². The molecular formula is C7H9NO4S. The molecule has 13 heavy (non-hydrogen) atoms. The number of rotatable bonds is 2. The van der Waals surface area contributed by atoms with Gasteiger partial charge in [-0.15, -0.1) is 0 Å². The van der Waals surface area contributed by atoms with Crippen molar-refractivity contribution in [2.24, 2.45) is 5.14 Å². The Morgan fingerprint density at radius 1 is 1.46 bits per heavy atom. The van der Waals surface area contributed by atoms with Crippen LogP contribution in [0.4, 0.5) is 0 Å². The summed E-state index contributed by atoms with van der Waals surface area (Å²) in [4.78, 5) is 0. The summed E-state index contributed by atoms with van der Waals surface area (Å²) in [6, 6.07) is 4.11. The molecule has 0 aliphatic heterocycles. The van der Waals surface area contributed by atoms with Crippen LogP contribution < -0.4 is 9.32 Å². The zero-order valence-electron chi connectivity index (χ0n) is 6.89. The Kier molecular flexibility index (Phi) is 2.44. The first-order chi connectivity index (χ1) is 5.88. The molecule has 1 aromatic rings. The van der Waals surface area contributed by atoms with Gasteiger partial charge in [-0.2, -0.15) is 13.6 Å². The normalized spacial score (nSPS) is 11.2. The van der Waals surface area contributed by atoms with Gasteiger partial charge in [0.2, 0.25) is 0 Å². The van der Waals surface area contributed by atoms with E-state index in [9.17, 15) is 13.5 Å². The number of hydrogen-bond donors (Lipinski definition) is 2. The van der Waals surface area contributed by atoms with Gasteiger partial charge >= 0.3 is 10.3 Å². The lowest BCUT2D eigenvalue weighted by molar-refractivity contribution is 0.460. The molecule has 0 saturated carbocycles. The number of aryl methyl sites for hydroxylation is 1. The first kappa shape index (κ1) is 9.82. The fourth-order valence-corrected chi connectivity index (χ4v) is 1.15. The van der Waals surface area contributed by atoms with Crippen LogP contribution >= 0.6 is 0 Å². The lowest BCUT2D eigenvalue weighted by Gasteiger charge is -2.03. The number of aromatic hydroxyl groups is 1. The van der Waals surface area contributed by atoms with E-state index in [2.05, 4.69) is 9.32 Å². The van der Waals surface area contributed by atoms with Crippen LogP contribution in [-0.2, 0) is 10.3 Å². The van der Waals surface area contributed by atoms with E-state index in [-0.39, 0.29) is 11.5 Å². The van der Waals surface area contributed by atoms with Crippen LogP contribution in [0, 0.1) is 6.92 Å². The standard InChI is InChI=1S/C7H9NO4S/c1-5-2-3-6(4-7(5)9)12-13(8,10)11/h2-4,9H,1H3,(H2,8,10,11). The molecule has 0 unspecified atom stereocenters. The van der Waals surface area contributed by atoms with Gasteiger partial charge in [-0.1, -0.05) is 6.07 Å². The molecule has 0 aliphatic rings. The molecule has 0 heterocycles. The van der Waals surface area contributed by atoms with Crippen molar-refractivity contribution in [3.05, 3.63) is 23.8 Å². The molecule has 6 heteroatoms. The quantitative estimate of drug-likeness (QED) is 0.722. The molecule has 0 spiro atoms. The minimum Gasteiger partial charge on any atom is -0.508 e. The van der Waals surface area contributed by atoms with Gasteiger partial charge in [0, 0.05) is 6.07 Å². The summed E-state index contributed by atoms with van der Waals surface area (Å²) < 4.78 is 25.3. The van der Waals surface area contributed by atoms with Gasteiger partial charge in [0.1, 0.15) is 11.5 Å². The summed E-state index contributed by atoms with van der Waals surface area (Å²) in [5.41, 5.74) is 0.627. The SMILES string of the molecule is Cc1ccc(OS(N)(=O)=O)cc1O. The van der Waals surface area contributed by atoms with Gasteiger partial charge in [0.05, 0.1) is 0 Å². The van der Waals surface area contributed by atoms with Crippen molar-refractivity contribution in [3.63, 3.8) is 0 Å². The minimum absolute atomic E-state index is 0.00870. The van der Waals surface area contributed by atoms with Crippen LogP contribution in [0.1, 0.15) is 5.56 Å². The van der Waals surface area contributed by atoms with Gasteiger partial charge in [-0.25, -0.2) is 0 Å². The number of nitrogens with two attached hydrogens (primary N) is 1. The maximum Gasteiger partial charge on any atom is 0.380 e. The highest BCUT2D eigenvalue weighted by molar-refractivity contribution is 7.84. The molecule has 0 amide bonds. The molecule has 0 bridgehead atoms. The highest BCUT2D eigenvalue weighted by Crippen LogP contribution is 2.22. The Balaban J connectivity index is 2.99. The van der Waals surface area contributed by atoms with E-state index in [1.54, 1.807) is 6.92 Å². The fraction of sp³-hybridized carbons (Fsp3) is 0.143. The lowest BCUT2D eigenvalue weighted by Crippen LogP contribution is -2.18. The molecule has 0 radical (unpaired) electrons. The Hall–Kier alpha value is -1.27. The number of phenols is 1. The highest BCUT2D eigenvalue weighted by Gasteiger charge is 2.06. The molecule has 72 valence electrons. The molecule has 0 aromatic heterocycles. The zero-order chi connectivity index (χ0) is 10.1. The molecule has 0 atom stereocenters. The molecule has 1 aromatic carbocycles. The van der Waals surface area contributed by atoms with Gasteiger partial charge in [-0.3, -0.25) is 0 Å². The molecule has 0 fully saturated rings. The van der Waals surface area contributed by atoms with E-state index in [4.69, 9.17) is 0 Å². The Bertz CT molecular complexity index is 413. The van der Waals surface area contributed by atoms with Crippen LogP contribution in [0.5, 0.6) is 11.5 Å².